The first-order chi connectivity index (χ1) is 7.74. The highest BCUT2D eigenvalue weighted by Gasteiger charge is 2.09. The summed E-state index contributed by atoms with van der Waals surface area (Å²) in [6.07, 6.45) is 0. The van der Waals surface area contributed by atoms with E-state index in [2.05, 4.69) is 4.98 Å². The van der Waals surface area contributed by atoms with Crippen LogP contribution in [0.1, 0.15) is 10.7 Å². The molecule has 0 aliphatic carbocycles. The molecule has 0 atom stereocenters. The van der Waals surface area contributed by atoms with Crippen LogP contribution in [-0.4, -0.2) is 17.2 Å². The zero-order valence-electron chi connectivity index (χ0n) is 9.23. The summed E-state index contributed by atoms with van der Waals surface area (Å²) in [5.41, 5.74) is 2.02. The molecule has 1 heterocycles. The molecule has 2 rings (SSSR count). The van der Waals surface area contributed by atoms with Crippen LogP contribution in [0.4, 0.5) is 0 Å². The molecule has 0 aliphatic rings. The first-order valence-electron chi connectivity index (χ1n) is 4.96. The number of benzene rings is 1. The van der Waals surface area contributed by atoms with Gasteiger partial charge in [0, 0.05) is 0 Å². The third-order valence-corrected chi connectivity index (χ3v) is 3.50. The van der Waals surface area contributed by atoms with Crippen LogP contribution < -0.4 is 4.74 Å². The lowest BCUT2D eigenvalue weighted by Crippen LogP contribution is -1.83. The molecule has 0 bridgehead atoms. The largest absolute Gasteiger partial charge is 0.497 e. The first-order valence-corrected chi connectivity index (χ1v) is 5.78. The molecule has 0 unspecified atom stereocenters. The van der Waals surface area contributed by atoms with Crippen molar-refractivity contribution in [1.82, 2.24) is 4.98 Å². The van der Waals surface area contributed by atoms with Gasteiger partial charge in [-0.3, -0.25) is 0 Å². The Labute approximate surface area is 98.4 Å². The minimum absolute atomic E-state index is 0.00449. The average Bonchev–Trinajstić information content (AvgIpc) is 2.71. The fourth-order valence-corrected chi connectivity index (χ4v) is 2.47. The monoisotopic (exact) mass is 235 g/mol. The Morgan fingerprint density at radius 1 is 1.44 bits per heavy atom. The summed E-state index contributed by atoms with van der Waals surface area (Å²) >= 11 is 1.52. The minimum Gasteiger partial charge on any atom is -0.497 e. The van der Waals surface area contributed by atoms with E-state index in [-0.39, 0.29) is 6.61 Å². The van der Waals surface area contributed by atoms with E-state index in [1.807, 2.05) is 31.2 Å². The van der Waals surface area contributed by atoms with E-state index in [0.29, 0.717) is 0 Å². The number of hydrogen-bond acceptors (Lipinski definition) is 4. The summed E-state index contributed by atoms with van der Waals surface area (Å²) in [6, 6.07) is 7.85. The Bertz CT molecular complexity index is 494. The Morgan fingerprint density at radius 2 is 2.25 bits per heavy atom. The quantitative estimate of drug-likeness (QED) is 0.889. The summed E-state index contributed by atoms with van der Waals surface area (Å²) in [7, 11) is 1.65. The molecule has 16 heavy (non-hydrogen) atoms. The van der Waals surface area contributed by atoms with Crippen LogP contribution in [0.15, 0.2) is 24.3 Å². The highest BCUT2D eigenvalue weighted by molar-refractivity contribution is 7.15. The number of thiazole rings is 1. The molecule has 0 spiro atoms. The van der Waals surface area contributed by atoms with Gasteiger partial charge in [-0.15, -0.1) is 11.3 Å². The van der Waals surface area contributed by atoms with Crippen molar-refractivity contribution in [2.75, 3.05) is 7.11 Å². The van der Waals surface area contributed by atoms with E-state index in [9.17, 15) is 0 Å². The summed E-state index contributed by atoms with van der Waals surface area (Å²) in [4.78, 5) is 5.37. The SMILES string of the molecule is COc1cccc(-c2sc(CO)nc2C)c1. The second-order valence-corrected chi connectivity index (χ2v) is 4.50. The van der Waals surface area contributed by atoms with Crippen molar-refractivity contribution in [3.8, 4) is 16.2 Å². The van der Waals surface area contributed by atoms with Gasteiger partial charge in [-0.05, 0) is 24.6 Å². The Hall–Kier alpha value is -1.39. The zero-order chi connectivity index (χ0) is 11.5. The number of aryl methyl sites for hydroxylation is 1. The molecular weight excluding hydrogens is 222 g/mol. The van der Waals surface area contributed by atoms with Gasteiger partial charge in [0.2, 0.25) is 0 Å². The van der Waals surface area contributed by atoms with Gasteiger partial charge in [0.05, 0.1) is 24.3 Å². The van der Waals surface area contributed by atoms with Crippen LogP contribution in [0, 0.1) is 6.92 Å². The van der Waals surface area contributed by atoms with Crippen molar-refractivity contribution in [1.29, 1.82) is 0 Å². The van der Waals surface area contributed by atoms with Crippen LogP contribution in [0.3, 0.4) is 0 Å². The molecule has 0 aliphatic heterocycles. The highest BCUT2D eigenvalue weighted by Crippen LogP contribution is 2.31. The van der Waals surface area contributed by atoms with E-state index in [1.54, 1.807) is 7.11 Å². The van der Waals surface area contributed by atoms with Gasteiger partial charge in [0.25, 0.3) is 0 Å². The molecule has 84 valence electrons. The van der Waals surface area contributed by atoms with Gasteiger partial charge >= 0.3 is 0 Å². The normalized spacial score (nSPS) is 10.4. The van der Waals surface area contributed by atoms with Gasteiger partial charge in [-0.2, -0.15) is 0 Å². The van der Waals surface area contributed by atoms with Crippen molar-refractivity contribution >= 4 is 11.3 Å². The maximum atomic E-state index is 9.05. The number of aliphatic hydroxyl groups excluding tert-OH is 1. The molecule has 2 aromatic rings. The Morgan fingerprint density at radius 3 is 2.88 bits per heavy atom. The summed E-state index contributed by atoms with van der Waals surface area (Å²) in [6.45, 7) is 1.94. The second kappa shape index (κ2) is 4.63. The fraction of sp³-hybridized carbons (Fsp3) is 0.250. The fourth-order valence-electron chi connectivity index (χ4n) is 1.55. The van der Waals surface area contributed by atoms with Gasteiger partial charge < -0.3 is 9.84 Å². The van der Waals surface area contributed by atoms with E-state index >= 15 is 0 Å². The number of aliphatic hydroxyl groups is 1. The van der Waals surface area contributed by atoms with Crippen LogP contribution in [0.2, 0.25) is 0 Å². The lowest BCUT2D eigenvalue weighted by Gasteiger charge is -2.02. The van der Waals surface area contributed by atoms with E-state index in [0.717, 1.165) is 26.9 Å². The maximum absolute atomic E-state index is 9.05. The van der Waals surface area contributed by atoms with Crippen molar-refractivity contribution in [2.24, 2.45) is 0 Å². The van der Waals surface area contributed by atoms with E-state index in [4.69, 9.17) is 9.84 Å². The first kappa shape index (κ1) is 11.1. The minimum atomic E-state index is -0.00449. The smallest absolute Gasteiger partial charge is 0.119 e. The molecule has 3 nitrogen and oxygen atoms in total. The highest BCUT2D eigenvalue weighted by atomic mass is 32.1. The van der Waals surface area contributed by atoms with Crippen LogP contribution >= 0.6 is 11.3 Å². The molecule has 0 saturated carbocycles. The summed E-state index contributed by atoms with van der Waals surface area (Å²) in [5.74, 6) is 0.829. The van der Waals surface area contributed by atoms with Gasteiger partial charge in [0.15, 0.2) is 0 Å². The van der Waals surface area contributed by atoms with E-state index in [1.165, 1.54) is 11.3 Å². The van der Waals surface area contributed by atoms with Crippen LogP contribution in [0.5, 0.6) is 5.75 Å². The van der Waals surface area contributed by atoms with Crippen molar-refractivity contribution in [2.45, 2.75) is 13.5 Å². The number of rotatable bonds is 3. The lowest BCUT2D eigenvalue weighted by molar-refractivity contribution is 0.281. The maximum Gasteiger partial charge on any atom is 0.119 e. The molecule has 4 heteroatoms. The molecular formula is C12H13NO2S. The van der Waals surface area contributed by atoms with Gasteiger partial charge in [0.1, 0.15) is 10.8 Å². The molecule has 0 radical (unpaired) electrons. The molecule has 0 saturated heterocycles. The number of hydrogen-bond donors (Lipinski definition) is 1. The Kier molecular flexibility index (Phi) is 3.22. The third-order valence-electron chi connectivity index (χ3n) is 2.31. The zero-order valence-corrected chi connectivity index (χ0v) is 10.0. The number of aromatic nitrogens is 1. The predicted molar refractivity (Wildman–Crippen MR) is 64.8 cm³/mol. The summed E-state index contributed by atoms with van der Waals surface area (Å²) < 4.78 is 5.18. The third kappa shape index (κ3) is 2.08. The lowest BCUT2D eigenvalue weighted by atomic mass is 10.1. The number of nitrogens with zero attached hydrogens (tertiary/aromatic N) is 1. The molecule has 1 aromatic heterocycles. The van der Waals surface area contributed by atoms with Gasteiger partial charge in [-0.1, -0.05) is 12.1 Å². The average molecular weight is 235 g/mol. The molecule has 0 fully saturated rings. The molecule has 1 N–H and O–H groups in total. The van der Waals surface area contributed by atoms with Crippen molar-refractivity contribution < 1.29 is 9.84 Å². The van der Waals surface area contributed by atoms with Crippen LogP contribution in [0.25, 0.3) is 10.4 Å². The van der Waals surface area contributed by atoms with Crippen LogP contribution in [-0.2, 0) is 6.61 Å². The molecule has 0 amide bonds. The molecule has 1 aromatic carbocycles. The summed E-state index contributed by atoms with van der Waals surface area (Å²) in [5, 5.41) is 9.79. The standard InChI is InChI=1S/C12H13NO2S/c1-8-12(16-11(7-14)13-8)9-4-3-5-10(6-9)15-2/h3-6,14H,7H2,1-2H3. The second-order valence-electron chi connectivity index (χ2n) is 3.41. The van der Waals surface area contributed by atoms with E-state index < -0.39 is 0 Å². The number of ether oxygens (including phenoxy) is 1. The van der Waals surface area contributed by atoms with Crippen molar-refractivity contribution in [3.05, 3.63) is 35.0 Å². The van der Waals surface area contributed by atoms with Gasteiger partial charge in [-0.25, -0.2) is 4.98 Å². The Balaban J connectivity index is 2.45. The van der Waals surface area contributed by atoms with Crippen molar-refractivity contribution in [3.63, 3.8) is 0 Å². The number of methoxy groups -OCH3 is 1. The predicted octanol–water partition coefficient (Wildman–Crippen LogP) is 2.62. The topological polar surface area (TPSA) is 42.4 Å².